The van der Waals surface area contributed by atoms with Crippen molar-refractivity contribution >= 4 is 50.6 Å². The second-order valence-corrected chi connectivity index (χ2v) is 21.7. The molecule has 69 heavy (non-hydrogen) atoms. The Kier molecular flexibility index (Phi) is 8.16. The number of aromatic nitrogens is 2. The molecule has 0 N–H and O–H groups in total. The molecule has 1 aliphatic heterocycles. The van der Waals surface area contributed by atoms with Gasteiger partial charge in [0.1, 0.15) is 17.3 Å². The Morgan fingerprint density at radius 1 is 0.609 bits per heavy atom. The molecular formula is C64H62N4O+2. The van der Waals surface area contributed by atoms with Crippen molar-refractivity contribution in [1.82, 2.24) is 18.7 Å². The highest BCUT2D eigenvalue weighted by Gasteiger charge is 2.41. The summed E-state index contributed by atoms with van der Waals surface area (Å²) in [5.41, 5.74) is 9.52. The summed E-state index contributed by atoms with van der Waals surface area (Å²) < 4.78 is 95.7. The Labute approximate surface area is 420 Å². The fourth-order valence-corrected chi connectivity index (χ4v) is 9.94. The van der Waals surface area contributed by atoms with E-state index in [0.717, 1.165) is 44.8 Å². The van der Waals surface area contributed by atoms with Gasteiger partial charge < -0.3 is 4.74 Å². The summed E-state index contributed by atoms with van der Waals surface area (Å²) in [6, 6.07) is 36.6. The number of hydrogen-bond acceptors (Lipinski definition) is 2. The van der Waals surface area contributed by atoms with E-state index < -0.39 is 36.0 Å². The number of para-hydroxylation sites is 2. The van der Waals surface area contributed by atoms with Crippen molar-refractivity contribution in [2.45, 2.75) is 104 Å². The van der Waals surface area contributed by atoms with Crippen LogP contribution in [-0.4, -0.2) is 15.6 Å². The molecule has 0 saturated carbocycles. The first-order valence-corrected chi connectivity index (χ1v) is 23.7. The van der Waals surface area contributed by atoms with Gasteiger partial charge in [0.2, 0.25) is 11.4 Å². The monoisotopic (exact) mass is 912 g/mol. The van der Waals surface area contributed by atoms with Gasteiger partial charge in [-0.15, -0.1) is 0 Å². The largest absolute Gasteiger partial charge is 0.503 e. The van der Waals surface area contributed by atoms with Crippen LogP contribution in [0, 0.1) is 0 Å². The zero-order valence-corrected chi connectivity index (χ0v) is 41.2. The molecule has 0 saturated heterocycles. The van der Waals surface area contributed by atoms with E-state index in [2.05, 4.69) is 102 Å². The maximum atomic E-state index is 9.51. The smallest absolute Gasteiger partial charge is 0.457 e. The Morgan fingerprint density at radius 2 is 1.26 bits per heavy atom. The van der Waals surface area contributed by atoms with Crippen LogP contribution in [0.25, 0.3) is 38.8 Å². The lowest BCUT2D eigenvalue weighted by Crippen LogP contribution is -2.17. The number of nitrogens with zero attached hydrogens (tertiary/aromatic N) is 4. The Hall–Kier alpha value is -7.33. The molecule has 2 aromatic heterocycles. The highest BCUT2D eigenvalue weighted by molar-refractivity contribution is 6.12. The lowest BCUT2D eigenvalue weighted by Gasteiger charge is -2.24. The van der Waals surface area contributed by atoms with Gasteiger partial charge in [0.25, 0.3) is 5.69 Å². The lowest BCUT2D eigenvalue weighted by molar-refractivity contribution is 0.482. The van der Waals surface area contributed by atoms with Gasteiger partial charge in [-0.1, -0.05) is 167 Å². The first-order valence-electron chi connectivity index (χ1n) is 28.2. The number of benzene rings is 7. The SMILES string of the molecule is [2H]c1c([2H])c([2H])c2c(c1[2H])-c1c([2H])c([2H])c([2H])c([2H])c1C2c1cc(Oc2cccc([N+]3=C=[N+](c4cc(C(C)(C)C)cc(C(C)(C)C)c4)c4c3cccc4C([2H])(C)C)c2)cc2c1c1ccccc1n2-c1cc(C(C)(C)C)ccn1. The maximum Gasteiger partial charge on any atom is 0.503 e. The Morgan fingerprint density at radius 3 is 1.93 bits per heavy atom. The molecule has 5 heteroatoms. The van der Waals surface area contributed by atoms with Gasteiger partial charge >= 0.3 is 11.7 Å². The van der Waals surface area contributed by atoms with Gasteiger partial charge in [0.15, 0.2) is 0 Å². The fraction of sp³-hybridized carbons (Fsp3) is 0.250. The molecule has 342 valence electrons. The molecule has 3 heterocycles. The molecule has 1 aliphatic carbocycles. The average Bonchev–Trinajstić information content (AvgIpc) is 4.29. The molecule has 0 radical (unpaired) electrons. The van der Waals surface area contributed by atoms with Crippen molar-refractivity contribution in [2.75, 3.05) is 0 Å². The van der Waals surface area contributed by atoms with Gasteiger partial charge in [-0.2, -0.15) is 0 Å². The van der Waals surface area contributed by atoms with Crippen molar-refractivity contribution in [1.29, 1.82) is 0 Å². The molecule has 9 aromatic rings. The van der Waals surface area contributed by atoms with Crippen LogP contribution in [0.1, 0.15) is 139 Å². The van der Waals surface area contributed by atoms with Crippen molar-refractivity contribution in [3.8, 4) is 28.4 Å². The van der Waals surface area contributed by atoms with Gasteiger partial charge in [-0.05, 0) is 106 Å². The third kappa shape index (κ3) is 7.61. The van der Waals surface area contributed by atoms with E-state index in [9.17, 15) is 6.85 Å². The highest BCUT2D eigenvalue weighted by atomic mass is 16.5. The number of fused-ring (bicyclic) bond motifs is 7. The van der Waals surface area contributed by atoms with Crippen molar-refractivity contribution in [3.05, 3.63) is 203 Å². The molecule has 0 fully saturated rings. The minimum atomic E-state index is -1.09. The van der Waals surface area contributed by atoms with E-state index in [1.54, 1.807) is 6.20 Å². The van der Waals surface area contributed by atoms with Crippen molar-refractivity contribution in [3.63, 3.8) is 0 Å². The van der Waals surface area contributed by atoms with E-state index in [1.807, 2.05) is 103 Å². The molecular weight excluding hydrogens is 841 g/mol. The van der Waals surface area contributed by atoms with Gasteiger partial charge in [0, 0.05) is 60.2 Å². The van der Waals surface area contributed by atoms with Crippen LogP contribution in [-0.2, 0) is 16.2 Å². The number of ether oxygens (including phenoxy) is 1. The number of pyridine rings is 1. The molecule has 0 amide bonds. The minimum Gasteiger partial charge on any atom is -0.457 e. The van der Waals surface area contributed by atoms with Crippen LogP contribution in [0.5, 0.6) is 11.5 Å². The van der Waals surface area contributed by atoms with E-state index in [4.69, 9.17) is 15.2 Å². The van der Waals surface area contributed by atoms with Crippen molar-refractivity contribution in [2.24, 2.45) is 0 Å². The second-order valence-electron chi connectivity index (χ2n) is 21.7. The zero-order chi connectivity index (χ0) is 56.0. The van der Waals surface area contributed by atoms with E-state index >= 15 is 0 Å². The fourth-order valence-electron chi connectivity index (χ4n) is 9.94. The molecule has 0 bridgehead atoms. The Balaban J connectivity index is 1.18. The first kappa shape index (κ1) is 34.9. The molecule has 0 spiro atoms. The van der Waals surface area contributed by atoms with Crippen LogP contribution in [0.2, 0.25) is 0 Å². The summed E-state index contributed by atoms with van der Waals surface area (Å²) in [7, 11) is 0. The minimum absolute atomic E-state index is 0.0487. The van der Waals surface area contributed by atoms with Crippen LogP contribution < -0.4 is 13.9 Å². The molecule has 5 nitrogen and oxygen atoms in total. The third-order valence-electron chi connectivity index (χ3n) is 13.6. The topological polar surface area (TPSA) is 33.1 Å². The van der Waals surface area contributed by atoms with Crippen molar-refractivity contribution < 1.29 is 17.1 Å². The summed E-state index contributed by atoms with van der Waals surface area (Å²) in [5.74, 6) is -0.590. The standard InChI is InChI=1S/C64H62N4O/c1-40(2)48-27-19-29-56-61(48)67(45-33-42(63(6,7)8)32-43(34-45)64(9,10)11)39-66(56)44-20-18-21-46(36-44)69-47-37-54(59-51-24-14-12-22-49(51)50-23-13-15-25-52(50)59)60-53-26-16-17-28-55(53)68(57(60)38-47)58-35-41(30-31-65-58)62(3,4)5/h12-38,40,59H,1-11H3/q+2/i12D,13D,14D,15D,22D,23D,24D,25D,40D. The van der Waals surface area contributed by atoms with Gasteiger partial charge in [-0.25, -0.2) is 4.98 Å². The molecule has 0 atom stereocenters. The summed E-state index contributed by atoms with van der Waals surface area (Å²) >= 11 is 0. The molecule has 2 aliphatic rings. The quantitative estimate of drug-likeness (QED) is 0.149. The lowest BCUT2D eigenvalue weighted by atomic mass is 9.80. The number of hydrogen-bond donors (Lipinski definition) is 0. The normalized spacial score (nSPS) is 15.7. The average molecular weight is 912 g/mol. The highest BCUT2D eigenvalue weighted by Crippen LogP contribution is 2.52. The van der Waals surface area contributed by atoms with Gasteiger partial charge in [0.05, 0.1) is 28.1 Å². The molecule has 0 unspecified atom stereocenters. The third-order valence-corrected chi connectivity index (χ3v) is 13.6. The van der Waals surface area contributed by atoms with Crippen LogP contribution in [0.4, 0.5) is 22.7 Å². The summed E-state index contributed by atoms with van der Waals surface area (Å²) in [6.07, 6.45) is 1.80. The maximum absolute atomic E-state index is 9.51. The predicted octanol–water partition coefficient (Wildman–Crippen LogP) is 17.0. The number of rotatable bonds is 7. The first-order chi connectivity index (χ1) is 36.6. The van der Waals surface area contributed by atoms with Crippen LogP contribution >= 0.6 is 0 Å². The van der Waals surface area contributed by atoms with Gasteiger partial charge in [-0.3, -0.25) is 4.57 Å². The summed E-state index contributed by atoms with van der Waals surface area (Å²) in [6.45, 7) is 23.5. The summed E-state index contributed by atoms with van der Waals surface area (Å²) in [5, 5.41) is 1.51. The molecule has 11 rings (SSSR count). The van der Waals surface area contributed by atoms with Crippen LogP contribution in [0.15, 0.2) is 164 Å². The Bertz CT molecular complexity index is 4040. The van der Waals surface area contributed by atoms with E-state index in [0.29, 0.717) is 33.8 Å². The second kappa shape index (κ2) is 16.1. The van der Waals surface area contributed by atoms with E-state index in [-0.39, 0.29) is 62.7 Å². The zero-order valence-electron chi connectivity index (χ0n) is 50.2. The summed E-state index contributed by atoms with van der Waals surface area (Å²) in [4.78, 5) is 4.95. The van der Waals surface area contributed by atoms with Crippen LogP contribution in [0.3, 0.4) is 0 Å². The predicted molar refractivity (Wildman–Crippen MR) is 289 cm³/mol. The van der Waals surface area contributed by atoms with E-state index in [1.165, 1.54) is 11.1 Å². The molecule has 7 aromatic carbocycles.